The molecule has 0 heterocycles. The first-order chi connectivity index (χ1) is 5.68. The Hall–Kier alpha value is -0.690. The van der Waals surface area contributed by atoms with Crippen molar-refractivity contribution in [1.29, 1.82) is 5.26 Å². The molecular formula is C8H11F2NO. The molecule has 1 saturated carbocycles. The van der Waals surface area contributed by atoms with E-state index in [4.69, 9.17) is 10.00 Å². The smallest absolute Gasteiger partial charge is 0.261 e. The van der Waals surface area contributed by atoms with Crippen LogP contribution in [0.5, 0.6) is 0 Å². The minimum Gasteiger partial charge on any atom is -0.375 e. The highest BCUT2D eigenvalue weighted by Crippen LogP contribution is 2.48. The van der Waals surface area contributed by atoms with Crippen molar-refractivity contribution in [2.45, 2.75) is 25.7 Å². The van der Waals surface area contributed by atoms with Gasteiger partial charge >= 0.3 is 0 Å². The molecule has 0 unspecified atom stereocenters. The van der Waals surface area contributed by atoms with Crippen molar-refractivity contribution in [3.63, 3.8) is 0 Å². The lowest BCUT2D eigenvalue weighted by atomic mass is 10.1. The summed E-state index contributed by atoms with van der Waals surface area (Å²) in [6, 6.07) is 2.04. The Morgan fingerprint density at radius 2 is 2.17 bits per heavy atom. The van der Waals surface area contributed by atoms with Gasteiger partial charge < -0.3 is 4.74 Å². The zero-order valence-electron chi connectivity index (χ0n) is 6.72. The summed E-state index contributed by atoms with van der Waals surface area (Å²) in [6.45, 7) is -0.196. The van der Waals surface area contributed by atoms with Gasteiger partial charge in [0.2, 0.25) is 0 Å². The quantitative estimate of drug-likeness (QED) is 0.639. The van der Waals surface area contributed by atoms with E-state index in [2.05, 4.69) is 0 Å². The predicted molar refractivity (Wildman–Crippen MR) is 38.7 cm³/mol. The molecule has 0 radical (unpaired) electrons. The monoisotopic (exact) mass is 175 g/mol. The van der Waals surface area contributed by atoms with Crippen molar-refractivity contribution in [3.05, 3.63) is 0 Å². The van der Waals surface area contributed by atoms with Gasteiger partial charge in [-0.3, -0.25) is 0 Å². The lowest BCUT2D eigenvalue weighted by molar-refractivity contribution is 0.000345. The fourth-order valence-electron chi connectivity index (χ4n) is 1.08. The Morgan fingerprint density at radius 1 is 1.50 bits per heavy atom. The molecule has 1 aliphatic rings. The van der Waals surface area contributed by atoms with Crippen LogP contribution >= 0.6 is 0 Å². The molecule has 0 aromatic heterocycles. The van der Waals surface area contributed by atoms with E-state index < -0.39 is 13.0 Å². The average Bonchev–Trinajstić information content (AvgIpc) is 2.69. The van der Waals surface area contributed by atoms with E-state index in [0.717, 1.165) is 12.8 Å². The summed E-state index contributed by atoms with van der Waals surface area (Å²) in [5.41, 5.74) is -0.0797. The zero-order chi connectivity index (χ0) is 9.03. The van der Waals surface area contributed by atoms with Gasteiger partial charge in [0.25, 0.3) is 6.43 Å². The van der Waals surface area contributed by atoms with Crippen LogP contribution in [0.2, 0.25) is 0 Å². The standard InChI is InChI=1S/C8H11F2NO/c9-7(10)5-12-6-8(1-2-8)3-4-11/h7H,1-3,5-6H2. The molecule has 0 aromatic rings. The van der Waals surface area contributed by atoms with Crippen LogP contribution in [-0.2, 0) is 4.74 Å². The molecule has 1 aliphatic carbocycles. The molecule has 0 amide bonds. The van der Waals surface area contributed by atoms with Crippen LogP contribution in [0.3, 0.4) is 0 Å². The highest BCUT2D eigenvalue weighted by molar-refractivity contribution is 4.99. The SMILES string of the molecule is N#CCC1(COCC(F)F)CC1. The summed E-state index contributed by atoms with van der Waals surface area (Å²) in [7, 11) is 0. The second kappa shape index (κ2) is 3.81. The molecule has 1 rings (SSSR count). The normalized spacial score (nSPS) is 19.2. The van der Waals surface area contributed by atoms with Crippen molar-refractivity contribution in [1.82, 2.24) is 0 Å². The third-order valence-electron chi connectivity index (χ3n) is 2.06. The van der Waals surface area contributed by atoms with Gasteiger partial charge in [-0.15, -0.1) is 0 Å². The zero-order valence-corrected chi connectivity index (χ0v) is 6.72. The first kappa shape index (κ1) is 9.40. The molecule has 0 spiro atoms. The largest absolute Gasteiger partial charge is 0.375 e. The fourth-order valence-corrected chi connectivity index (χ4v) is 1.08. The maximum absolute atomic E-state index is 11.6. The Balaban J connectivity index is 2.11. The summed E-state index contributed by atoms with van der Waals surface area (Å²) in [5, 5.41) is 8.40. The number of halogens is 2. The molecule has 0 N–H and O–H groups in total. The Kier molecular flexibility index (Phi) is 2.99. The van der Waals surface area contributed by atoms with Crippen molar-refractivity contribution in [2.75, 3.05) is 13.2 Å². The van der Waals surface area contributed by atoms with Crippen molar-refractivity contribution >= 4 is 0 Å². The maximum Gasteiger partial charge on any atom is 0.261 e. The fraction of sp³-hybridized carbons (Fsp3) is 0.875. The lowest BCUT2D eigenvalue weighted by Gasteiger charge is -2.10. The number of nitrogens with zero attached hydrogens (tertiary/aromatic N) is 1. The van der Waals surface area contributed by atoms with Crippen LogP contribution in [0.4, 0.5) is 8.78 Å². The van der Waals surface area contributed by atoms with Crippen LogP contribution in [0.15, 0.2) is 0 Å². The van der Waals surface area contributed by atoms with Crippen molar-refractivity contribution < 1.29 is 13.5 Å². The van der Waals surface area contributed by atoms with E-state index in [1.54, 1.807) is 0 Å². The van der Waals surface area contributed by atoms with Gasteiger partial charge in [-0.1, -0.05) is 0 Å². The summed E-state index contributed by atoms with van der Waals surface area (Å²) in [4.78, 5) is 0. The van der Waals surface area contributed by atoms with Crippen LogP contribution < -0.4 is 0 Å². The minimum absolute atomic E-state index is 0.0797. The van der Waals surface area contributed by atoms with Gasteiger partial charge in [0.1, 0.15) is 6.61 Å². The first-order valence-corrected chi connectivity index (χ1v) is 3.91. The molecule has 0 bridgehead atoms. The van der Waals surface area contributed by atoms with Gasteiger partial charge in [-0.2, -0.15) is 5.26 Å². The van der Waals surface area contributed by atoms with Crippen molar-refractivity contribution in [2.24, 2.45) is 5.41 Å². The van der Waals surface area contributed by atoms with Gasteiger partial charge in [-0.05, 0) is 12.8 Å². The molecule has 0 atom stereocenters. The van der Waals surface area contributed by atoms with Gasteiger partial charge in [0, 0.05) is 11.8 Å². The van der Waals surface area contributed by atoms with Gasteiger partial charge in [-0.25, -0.2) is 8.78 Å². The summed E-state index contributed by atoms with van der Waals surface area (Å²) < 4.78 is 28.0. The summed E-state index contributed by atoms with van der Waals surface area (Å²) >= 11 is 0. The van der Waals surface area contributed by atoms with E-state index in [0.29, 0.717) is 13.0 Å². The van der Waals surface area contributed by atoms with E-state index in [1.807, 2.05) is 6.07 Å². The second-order valence-corrected chi connectivity index (χ2v) is 3.24. The minimum atomic E-state index is -2.40. The molecule has 1 fully saturated rings. The van der Waals surface area contributed by atoms with E-state index in [-0.39, 0.29) is 5.41 Å². The number of hydrogen-bond acceptors (Lipinski definition) is 2. The number of ether oxygens (including phenoxy) is 1. The van der Waals surface area contributed by atoms with Crippen LogP contribution in [0, 0.1) is 16.7 Å². The number of alkyl halides is 2. The Bertz CT molecular complexity index is 184. The van der Waals surface area contributed by atoms with Crippen LogP contribution in [0.1, 0.15) is 19.3 Å². The molecule has 68 valence electrons. The third-order valence-corrected chi connectivity index (χ3v) is 2.06. The van der Waals surface area contributed by atoms with Crippen LogP contribution in [-0.4, -0.2) is 19.6 Å². The van der Waals surface area contributed by atoms with E-state index >= 15 is 0 Å². The van der Waals surface area contributed by atoms with E-state index in [9.17, 15) is 8.78 Å². The molecule has 12 heavy (non-hydrogen) atoms. The Morgan fingerprint density at radius 3 is 2.58 bits per heavy atom. The predicted octanol–water partition coefficient (Wildman–Crippen LogP) is 1.96. The maximum atomic E-state index is 11.6. The number of nitriles is 1. The lowest BCUT2D eigenvalue weighted by Crippen LogP contribution is -2.13. The highest BCUT2D eigenvalue weighted by atomic mass is 19.3. The summed E-state index contributed by atoms with van der Waals surface area (Å²) in [5.74, 6) is 0. The molecule has 2 nitrogen and oxygen atoms in total. The average molecular weight is 175 g/mol. The van der Waals surface area contributed by atoms with Gasteiger partial charge in [0.05, 0.1) is 12.7 Å². The Labute approximate surface area is 70.1 Å². The van der Waals surface area contributed by atoms with E-state index in [1.165, 1.54) is 0 Å². The molecule has 0 saturated heterocycles. The molecule has 0 aliphatic heterocycles. The first-order valence-electron chi connectivity index (χ1n) is 3.91. The molecule has 0 aromatic carbocycles. The third kappa shape index (κ3) is 2.74. The van der Waals surface area contributed by atoms with Crippen LogP contribution in [0.25, 0.3) is 0 Å². The molecular weight excluding hydrogens is 164 g/mol. The second-order valence-electron chi connectivity index (χ2n) is 3.24. The number of hydrogen-bond donors (Lipinski definition) is 0. The highest BCUT2D eigenvalue weighted by Gasteiger charge is 2.42. The summed E-state index contributed by atoms with van der Waals surface area (Å²) in [6.07, 6.45) is -0.105. The van der Waals surface area contributed by atoms with Gasteiger partial charge in [0.15, 0.2) is 0 Å². The molecule has 4 heteroatoms. The topological polar surface area (TPSA) is 33.0 Å². The van der Waals surface area contributed by atoms with Crippen molar-refractivity contribution in [3.8, 4) is 6.07 Å². The number of rotatable bonds is 5.